The highest BCUT2D eigenvalue weighted by atomic mass is 15.1. The zero-order chi connectivity index (χ0) is 53.9. The summed E-state index contributed by atoms with van der Waals surface area (Å²) in [6, 6.07) is 114. The summed E-state index contributed by atoms with van der Waals surface area (Å²) in [5, 5.41) is 5.01. The zero-order valence-corrected chi connectivity index (χ0v) is 44.8. The molecule has 2 aliphatic rings. The molecule has 0 bridgehead atoms. The molecule has 1 atom stereocenters. The van der Waals surface area contributed by atoms with Gasteiger partial charge in [-0.2, -0.15) is 0 Å². The van der Waals surface area contributed by atoms with Gasteiger partial charge in [0.05, 0.1) is 27.5 Å². The minimum atomic E-state index is -0.504. The molecule has 0 saturated carbocycles. The summed E-state index contributed by atoms with van der Waals surface area (Å²) in [4.78, 5) is 2.41. The Morgan fingerprint density at radius 2 is 0.707 bits per heavy atom. The van der Waals surface area contributed by atoms with E-state index in [1.54, 1.807) is 0 Å². The van der Waals surface area contributed by atoms with Crippen molar-refractivity contribution in [2.75, 3.05) is 4.90 Å². The molecule has 2 aromatic heterocycles. The highest BCUT2D eigenvalue weighted by molar-refractivity contribution is 6.19. The van der Waals surface area contributed by atoms with Gasteiger partial charge in [-0.1, -0.05) is 218 Å². The van der Waals surface area contributed by atoms with Crippen molar-refractivity contribution in [3.63, 3.8) is 0 Å². The first kappa shape index (κ1) is 46.2. The molecule has 0 aliphatic heterocycles. The van der Waals surface area contributed by atoms with E-state index in [0.29, 0.717) is 0 Å². The van der Waals surface area contributed by atoms with E-state index < -0.39 is 5.41 Å². The number of aromatic nitrogens is 2. The first-order chi connectivity index (χ1) is 40.7. The maximum absolute atomic E-state index is 2.50. The van der Waals surface area contributed by atoms with Crippen molar-refractivity contribution in [3.05, 3.63) is 332 Å². The van der Waals surface area contributed by atoms with E-state index in [9.17, 15) is 0 Å². The van der Waals surface area contributed by atoms with Gasteiger partial charge in [0.15, 0.2) is 0 Å². The van der Waals surface area contributed by atoms with Crippen molar-refractivity contribution in [1.82, 2.24) is 9.13 Å². The second kappa shape index (κ2) is 18.2. The number of para-hydroxylation sites is 4. The van der Waals surface area contributed by atoms with Gasteiger partial charge in [-0.05, 0) is 169 Å². The monoisotopic (exact) mass is 1040 g/mol. The van der Waals surface area contributed by atoms with Crippen molar-refractivity contribution >= 4 is 60.7 Å². The standard InChI is InChI=1S/C79H51N3/c1-4-19-52(20-5-1)53-39-42-60(43-40-53)80(62-44-47-75-68(51-62)65-28-12-16-33-73(65)81(75)58-22-6-2-7-23-58)61-26-18-21-56(49-61)54-35-37-55(38-36-54)57-41-45-64-63-27-10-14-31-69(63)79(72(64)50-57)70-32-15-11-29-66(70)77-71(79)46-48-76-78(77)67-30-13-17-34-74(67)82(76)59-24-8-3-9-25-59/h1-51H. The molecule has 15 aromatic rings. The Balaban J connectivity index is 0.778. The number of hydrogen-bond donors (Lipinski definition) is 0. The molecular formula is C79H51N3. The van der Waals surface area contributed by atoms with Crippen molar-refractivity contribution in [1.29, 1.82) is 0 Å². The molecule has 2 heterocycles. The van der Waals surface area contributed by atoms with E-state index >= 15 is 0 Å². The van der Waals surface area contributed by atoms with Crippen LogP contribution in [0.2, 0.25) is 0 Å². The summed E-state index contributed by atoms with van der Waals surface area (Å²) in [7, 11) is 0. The molecule has 0 fully saturated rings. The quantitative estimate of drug-likeness (QED) is 0.148. The van der Waals surface area contributed by atoms with Gasteiger partial charge in [0.1, 0.15) is 0 Å². The Morgan fingerprint density at radius 1 is 0.244 bits per heavy atom. The van der Waals surface area contributed by atoms with Crippen molar-refractivity contribution in [2.45, 2.75) is 5.41 Å². The average molecular weight is 1040 g/mol. The third-order valence-corrected chi connectivity index (χ3v) is 17.7. The Morgan fingerprint density at radius 3 is 1.43 bits per heavy atom. The predicted molar refractivity (Wildman–Crippen MR) is 342 cm³/mol. The molecule has 82 heavy (non-hydrogen) atoms. The third kappa shape index (κ3) is 6.77. The molecule has 1 spiro atoms. The van der Waals surface area contributed by atoms with Crippen LogP contribution in [0.5, 0.6) is 0 Å². The molecule has 0 saturated heterocycles. The Kier molecular flexibility index (Phi) is 10.2. The third-order valence-electron chi connectivity index (χ3n) is 17.7. The van der Waals surface area contributed by atoms with Gasteiger partial charge < -0.3 is 14.0 Å². The fourth-order valence-electron chi connectivity index (χ4n) is 14.2. The smallest absolute Gasteiger partial charge is 0.0726 e. The maximum atomic E-state index is 2.50. The first-order valence-corrected chi connectivity index (χ1v) is 28.4. The Bertz CT molecular complexity index is 5010. The summed E-state index contributed by atoms with van der Waals surface area (Å²) < 4.78 is 4.83. The van der Waals surface area contributed by atoms with E-state index in [0.717, 1.165) is 33.9 Å². The summed E-state index contributed by atoms with van der Waals surface area (Å²) in [6.07, 6.45) is 0. The number of anilines is 3. The number of benzene rings is 13. The summed E-state index contributed by atoms with van der Waals surface area (Å²) in [5.74, 6) is 0. The summed E-state index contributed by atoms with van der Waals surface area (Å²) >= 11 is 0. The van der Waals surface area contributed by atoms with Crippen LogP contribution in [-0.2, 0) is 5.41 Å². The van der Waals surface area contributed by atoms with Gasteiger partial charge >= 0.3 is 0 Å². The van der Waals surface area contributed by atoms with Crippen LogP contribution in [0, 0.1) is 0 Å². The van der Waals surface area contributed by atoms with Gasteiger partial charge in [0.2, 0.25) is 0 Å². The van der Waals surface area contributed by atoms with E-state index in [2.05, 4.69) is 323 Å². The molecule has 17 rings (SSSR count). The van der Waals surface area contributed by atoms with Crippen LogP contribution in [0.3, 0.4) is 0 Å². The van der Waals surface area contributed by atoms with Crippen LogP contribution in [-0.4, -0.2) is 9.13 Å². The minimum absolute atomic E-state index is 0.504. The number of nitrogens with zero attached hydrogens (tertiary/aromatic N) is 3. The van der Waals surface area contributed by atoms with Crippen LogP contribution in [0.1, 0.15) is 22.3 Å². The number of hydrogen-bond acceptors (Lipinski definition) is 1. The van der Waals surface area contributed by atoms with Gasteiger partial charge in [0, 0.05) is 50.0 Å². The molecule has 1 unspecified atom stereocenters. The lowest BCUT2D eigenvalue weighted by Crippen LogP contribution is -2.25. The molecule has 3 nitrogen and oxygen atoms in total. The first-order valence-electron chi connectivity index (χ1n) is 28.4. The van der Waals surface area contributed by atoms with E-state index in [4.69, 9.17) is 0 Å². The summed E-state index contributed by atoms with van der Waals surface area (Å²) in [6.45, 7) is 0. The summed E-state index contributed by atoms with van der Waals surface area (Å²) in [5.41, 5.74) is 27.6. The fraction of sp³-hybridized carbons (Fsp3) is 0.0127. The number of fused-ring (bicyclic) bond motifs is 17. The molecule has 13 aromatic carbocycles. The average Bonchev–Trinajstić information content (AvgIpc) is 2.30. The Labute approximate surface area is 476 Å². The van der Waals surface area contributed by atoms with Crippen LogP contribution >= 0.6 is 0 Å². The van der Waals surface area contributed by atoms with Gasteiger partial charge in [-0.25, -0.2) is 0 Å². The van der Waals surface area contributed by atoms with Crippen LogP contribution in [0.25, 0.3) is 111 Å². The zero-order valence-electron chi connectivity index (χ0n) is 44.8. The molecule has 0 radical (unpaired) electrons. The molecule has 2 aliphatic carbocycles. The van der Waals surface area contributed by atoms with Gasteiger partial charge in [0.25, 0.3) is 0 Å². The molecular weight excluding hydrogens is 991 g/mol. The van der Waals surface area contributed by atoms with E-state index in [1.807, 2.05) is 0 Å². The predicted octanol–water partition coefficient (Wildman–Crippen LogP) is 20.7. The SMILES string of the molecule is c1ccc(-c2ccc(N(c3cccc(-c4ccc(-c5ccc6c(c5)C5(c7ccccc7-6)c6ccccc6-c6c5ccc5c6c6ccccc6n5-c5ccccc5)cc4)c3)c3ccc4c(c3)c3ccccc3n4-c3ccccc3)cc2)cc1. The van der Waals surface area contributed by atoms with Crippen molar-refractivity contribution < 1.29 is 0 Å². The molecule has 382 valence electrons. The maximum Gasteiger partial charge on any atom is 0.0726 e. The normalized spacial score (nSPS) is 13.9. The fourth-order valence-corrected chi connectivity index (χ4v) is 14.2. The highest BCUT2D eigenvalue weighted by Gasteiger charge is 2.52. The molecule has 3 heteroatoms. The van der Waals surface area contributed by atoms with Crippen LogP contribution in [0.15, 0.2) is 309 Å². The van der Waals surface area contributed by atoms with Gasteiger partial charge in [-0.3, -0.25) is 0 Å². The van der Waals surface area contributed by atoms with Crippen LogP contribution in [0.4, 0.5) is 17.1 Å². The van der Waals surface area contributed by atoms with Gasteiger partial charge in [-0.15, -0.1) is 0 Å². The molecule has 0 amide bonds. The lowest BCUT2D eigenvalue weighted by molar-refractivity contribution is 0.794. The topological polar surface area (TPSA) is 13.1 Å². The second-order valence-electron chi connectivity index (χ2n) is 21.9. The second-order valence-corrected chi connectivity index (χ2v) is 21.9. The lowest BCUT2D eigenvalue weighted by atomic mass is 9.70. The number of rotatable bonds is 8. The Hall–Kier alpha value is -10.7. The minimum Gasteiger partial charge on any atom is -0.310 e. The van der Waals surface area contributed by atoms with Crippen molar-refractivity contribution in [3.8, 4) is 67.0 Å². The van der Waals surface area contributed by atoms with Crippen LogP contribution < -0.4 is 4.90 Å². The lowest BCUT2D eigenvalue weighted by Gasteiger charge is -2.30. The highest BCUT2D eigenvalue weighted by Crippen LogP contribution is 2.64. The van der Waals surface area contributed by atoms with E-state index in [1.165, 1.54) is 116 Å². The largest absolute Gasteiger partial charge is 0.310 e. The van der Waals surface area contributed by atoms with E-state index in [-0.39, 0.29) is 0 Å². The molecule has 0 N–H and O–H groups in total. The van der Waals surface area contributed by atoms with Crippen molar-refractivity contribution in [2.24, 2.45) is 0 Å².